The first-order valence-corrected chi connectivity index (χ1v) is 9.94. The second kappa shape index (κ2) is 9.25. The van der Waals surface area contributed by atoms with Gasteiger partial charge in [0.25, 0.3) is 5.56 Å². The molecule has 2 aromatic carbocycles. The zero-order valence-electron chi connectivity index (χ0n) is 17.4. The number of carbonyl (C=O) groups excluding carboxylic acids is 1. The second-order valence-electron chi connectivity index (χ2n) is 7.10. The van der Waals surface area contributed by atoms with E-state index < -0.39 is 17.2 Å². The summed E-state index contributed by atoms with van der Waals surface area (Å²) in [7, 11) is 1.57. The van der Waals surface area contributed by atoms with Crippen molar-refractivity contribution in [2.75, 3.05) is 7.11 Å². The van der Waals surface area contributed by atoms with Crippen LogP contribution in [0.2, 0.25) is 0 Å². The molecule has 0 saturated heterocycles. The van der Waals surface area contributed by atoms with Gasteiger partial charge in [-0.2, -0.15) is 0 Å². The molecule has 4 aromatic rings. The number of hydrogen-bond donors (Lipinski definition) is 1. The van der Waals surface area contributed by atoms with E-state index >= 15 is 0 Å². The van der Waals surface area contributed by atoms with Crippen molar-refractivity contribution in [1.82, 2.24) is 24.4 Å². The fourth-order valence-electron chi connectivity index (χ4n) is 3.36. The summed E-state index contributed by atoms with van der Waals surface area (Å²) in [5.41, 5.74) is 0.568. The molecule has 9 nitrogen and oxygen atoms in total. The zero-order valence-corrected chi connectivity index (χ0v) is 17.4. The molecule has 0 bridgehead atoms. The van der Waals surface area contributed by atoms with Crippen molar-refractivity contribution in [3.05, 3.63) is 99.0 Å². The standard InChI is InChI=1S/C23H21N5O4/c1-32-18-9-5-8-17(12-18)13-26-19(29)15-27-21-20(24-10-11-25-21)22(30)28(23(27)31)14-16-6-3-2-4-7-16/h2-12H,13-15H2,1H3,(H,26,29). The van der Waals surface area contributed by atoms with Crippen LogP contribution in [-0.4, -0.2) is 32.1 Å². The third kappa shape index (κ3) is 4.41. The number of ether oxygens (including phenoxy) is 1. The Hall–Kier alpha value is -4.27. The van der Waals surface area contributed by atoms with Gasteiger partial charge in [0.2, 0.25) is 5.91 Å². The second-order valence-corrected chi connectivity index (χ2v) is 7.10. The lowest BCUT2D eigenvalue weighted by Gasteiger charge is -2.13. The van der Waals surface area contributed by atoms with Crippen LogP contribution >= 0.6 is 0 Å². The lowest BCUT2D eigenvalue weighted by atomic mass is 10.2. The van der Waals surface area contributed by atoms with Crippen molar-refractivity contribution in [2.24, 2.45) is 0 Å². The highest BCUT2D eigenvalue weighted by Gasteiger charge is 2.17. The summed E-state index contributed by atoms with van der Waals surface area (Å²) in [6, 6.07) is 16.4. The molecule has 0 aliphatic rings. The van der Waals surface area contributed by atoms with E-state index in [2.05, 4.69) is 15.3 Å². The summed E-state index contributed by atoms with van der Waals surface area (Å²) in [6.07, 6.45) is 2.77. The number of methoxy groups -OCH3 is 1. The molecular formula is C23H21N5O4. The minimum atomic E-state index is -0.622. The topological polar surface area (TPSA) is 108 Å². The fraction of sp³-hybridized carbons (Fsp3) is 0.174. The highest BCUT2D eigenvalue weighted by molar-refractivity contribution is 5.78. The van der Waals surface area contributed by atoms with E-state index in [1.165, 1.54) is 17.0 Å². The van der Waals surface area contributed by atoms with Gasteiger partial charge in [-0.15, -0.1) is 0 Å². The molecule has 4 rings (SSSR count). The number of benzene rings is 2. The highest BCUT2D eigenvalue weighted by Crippen LogP contribution is 2.12. The summed E-state index contributed by atoms with van der Waals surface area (Å²) in [6.45, 7) is 0.0293. The molecule has 0 aliphatic heterocycles. The molecule has 0 fully saturated rings. The van der Waals surface area contributed by atoms with Crippen LogP contribution in [0.3, 0.4) is 0 Å². The first kappa shape index (κ1) is 21.0. The lowest BCUT2D eigenvalue weighted by Crippen LogP contribution is -2.43. The molecule has 1 amide bonds. The monoisotopic (exact) mass is 431 g/mol. The largest absolute Gasteiger partial charge is 0.497 e. The Bertz CT molecular complexity index is 1380. The third-order valence-corrected chi connectivity index (χ3v) is 4.95. The Morgan fingerprint density at radius 2 is 1.72 bits per heavy atom. The van der Waals surface area contributed by atoms with Crippen molar-refractivity contribution in [3.63, 3.8) is 0 Å². The number of fused-ring (bicyclic) bond motifs is 1. The number of nitrogens with one attached hydrogen (secondary N) is 1. The molecule has 9 heteroatoms. The maximum absolute atomic E-state index is 13.2. The molecule has 32 heavy (non-hydrogen) atoms. The van der Waals surface area contributed by atoms with Gasteiger partial charge < -0.3 is 10.1 Å². The third-order valence-electron chi connectivity index (χ3n) is 4.95. The number of carbonyl (C=O) groups is 1. The summed E-state index contributed by atoms with van der Waals surface area (Å²) in [4.78, 5) is 47.0. The first-order chi connectivity index (χ1) is 15.6. The Kier molecular flexibility index (Phi) is 6.07. The van der Waals surface area contributed by atoms with Crippen LogP contribution in [0.25, 0.3) is 11.2 Å². The Morgan fingerprint density at radius 3 is 2.50 bits per heavy atom. The van der Waals surface area contributed by atoms with Crippen LogP contribution in [0.5, 0.6) is 5.75 Å². The summed E-state index contributed by atoms with van der Waals surface area (Å²) in [5, 5.41) is 2.78. The van der Waals surface area contributed by atoms with Crippen LogP contribution in [0, 0.1) is 0 Å². The van der Waals surface area contributed by atoms with Crippen molar-refractivity contribution in [2.45, 2.75) is 19.6 Å². The van der Waals surface area contributed by atoms with Crippen LogP contribution in [-0.2, 0) is 24.4 Å². The molecule has 0 atom stereocenters. The first-order valence-electron chi connectivity index (χ1n) is 9.94. The van der Waals surface area contributed by atoms with Crippen LogP contribution in [0.4, 0.5) is 0 Å². The normalized spacial score (nSPS) is 10.8. The van der Waals surface area contributed by atoms with Crippen LogP contribution in [0.1, 0.15) is 11.1 Å². The van der Waals surface area contributed by atoms with Crippen LogP contribution < -0.4 is 21.3 Å². The van der Waals surface area contributed by atoms with Gasteiger partial charge in [0.1, 0.15) is 12.3 Å². The molecule has 1 N–H and O–H groups in total. The van der Waals surface area contributed by atoms with Gasteiger partial charge in [-0.05, 0) is 23.3 Å². The predicted octanol–water partition coefficient (Wildman–Crippen LogP) is 1.33. The summed E-state index contributed by atoms with van der Waals surface area (Å²) >= 11 is 0. The van der Waals surface area contributed by atoms with E-state index in [9.17, 15) is 14.4 Å². The van der Waals surface area contributed by atoms with Gasteiger partial charge in [-0.3, -0.25) is 18.7 Å². The number of hydrogen-bond acceptors (Lipinski definition) is 6. The van der Waals surface area contributed by atoms with E-state index in [0.29, 0.717) is 5.75 Å². The van der Waals surface area contributed by atoms with Gasteiger partial charge >= 0.3 is 5.69 Å². The van der Waals surface area contributed by atoms with Gasteiger partial charge in [0.05, 0.1) is 13.7 Å². The van der Waals surface area contributed by atoms with E-state index in [1.807, 2.05) is 54.6 Å². The number of aromatic nitrogens is 4. The van der Waals surface area contributed by atoms with Crippen molar-refractivity contribution < 1.29 is 9.53 Å². The molecule has 0 spiro atoms. The van der Waals surface area contributed by atoms with E-state index in [-0.39, 0.29) is 30.8 Å². The average molecular weight is 431 g/mol. The Balaban J connectivity index is 1.64. The molecular weight excluding hydrogens is 410 g/mol. The lowest BCUT2D eigenvalue weighted by molar-refractivity contribution is -0.121. The van der Waals surface area contributed by atoms with E-state index in [1.54, 1.807) is 7.11 Å². The average Bonchev–Trinajstić information content (AvgIpc) is 2.84. The van der Waals surface area contributed by atoms with Gasteiger partial charge in [0, 0.05) is 18.9 Å². The molecule has 0 aliphatic carbocycles. The van der Waals surface area contributed by atoms with Gasteiger partial charge in [-0.25, -0.2) is 14.8 Å². The summed E-state index contributed by atoms with van der Waals surface area (Å²) < 4.78 is 7.43. The number of nitrogens with zero attached hydrogens (tertiary/aromatic N) is 4. The SMILES string of the molecule is COc1cccc(CNC(=O)Cn2c(=O)n(Cc3ccccc3)c(=O)c3nccnc32)c1. The van der Waals surface area contributed by atoms with Gasteiger partial charge in [0.15, 0.2) is 11.2 Å². The molecule has 0 saturated carbocycles. The van der Waals surface area contributed by atoms with Crippen molar-refractivity contribution >= 4 is 17.1 Å². The molecule has 2 aromatic heterocycles. The number of rotatable bonds is 7. The Labute approximate surface area is 182 Å². The number of amides is 1. The predicted molar refractivity (Wildman–Crippen MR) is 118 cm³/mol. The summed E-state index contributed by atoms with van der Waals surface area (Å²) in [5.74, 6) is 0.286. The van der Waals surface area contributed by atoms with E-state index in [0.717, 1.165) is 15.7 Å². The van der Waals surface area contributed by atoms with Crippen molar-refractivity contribution in [1.29, 1.82) is 0 Å². The minimum absolute atomic E-state index is 0.0311. The fourth-order valence-corrected chi connectivity index (χ4v) is 3.36. The molecule has 0 radical (unpaired) electrons. The Morgan fingerprint density at radius 1 is 0.969 bits per heavy atom. The molecule has 0 unspecified atom stereocenters. The van der Waals surface area contributed by atoms with E-state index in [4.69, 9.17) is 4.74 Å². The van der Waals surface area contributed by atoms with Crippen molar-refractivity contribution in [3.8, 4) is 5.75 Å². The maximum Gasteiger partial charge on any atom is 0.333 e. The maximum atomic E-state index is 13.2. The van der Waals surface area contributed by atoms with Gasteiger partial charge in [-0.1, -0.05) is 42.5 Å². The highest BCUT2D eigenvalue weighted by atomic mass is 16.5. The smallest absolute Gasteiger partial charge is 0.333 e. The van der Waals surface area contributed by atoms with Crippen LogP contribution in [0.15, 0.2) is 76.6 Å². The molecule has 162 valence electrons. The molecule has 2 heterocycles. The zero-order chi connectivity index (χ0) is 22.5. The quantitative estimate of drug-likeness (QED) is 0.473. The minimum Gasteiger partial charge on any atom is -0.497 e.